The number of pyridine rings is 1. The number of hydrogen-bond donors (Lipinski definition) is 3. The zero-order valence-electron chi connectivity index (χ0n) is 20.3. The molecule has 4 N–H and O–H groups in total. The molecule has 3 heterocycles. The molecule has 3 aromatic rings. The van der Waals surface area contributed by atoms with Crippen LogP contribution in [0, 0.1) is 5.82 Å². The molecule has 4 rings (SSSR count). The number of aliphatic hydroxyl groups is 1. The molecule has 198 valence electrons. The number of rotatable bonds is 9. The number of aliphatic hydroxyl groups excluding tert-OH is 1. The van der Waals surface area contributed by atoms with Crippen LogP contribution in [0.1, 0.15) is 37.5 Å². The van der Waals surface area contributed by atoms with Crippen molar-refractivity contribution < 1.29 is 19.0 Å². The molecule has 1 unspecified atom stereocenters. The summed E-state index contributed by atoms with van der Waals surface area (Å²) in [6.45, 7) is 3.78. The monoisotopic (exact) mass is 550 g/mol. The number of carbonyl (C=O) groups excluding carboxylic acids is 1. The maximum absolute atomic E-state index is 14.0. The number of nitrogens with one attached hydrogen (secondary N) is 1. The first-order chi connectivity index (χ1) is 17.8. The molecule has 1 saturated heterocycles. The Bertz CT molecular complexity index is 1250. The van der Waals surface area contributed by atoms with E-state index in [2.05, 4.69) is 20.3 Å². The van der Waals surface area contributed by atoms with Crippen molar-refractivity contribution in [1.29, 1.82) is 0 Å². The Hall–Kier alpha value is -2.92. The number of hydrogen-bond acceptors (Lipinski definition) is 7. The van der Waals surface area contributed by atoms with Crippen molar-refractivity contribution >= 4 is 34.9 Å². The Morgan fingerprint density at radius 1 is 1.30 bits per heavy atom. The maximum atomic E-state index is 14.0. The molecule has 0 radical (unpaired) electrons. The highest BCUT2D eigenvalue weighted by Gasteiger charge is 2.23. The van der Waals surface area contributed by atoms with Crippen LogP contribution >= 0.6 is 23.2 Å². The minimum Gasteiger partial charge on any atom is -0.482 e. The summed E-state index contributed by atoms with van der Waals surface area (Å²) >= 11 is 12.4. The van der Waals surface area contributed by atoms with Gasteiger partial charge in [-0.1, -0.05) is 23.2 Å². The van der Waals surface area contributed by atoms with Gasteiger partial charge in [0.25, 0.3) is 0 Å². The molecule has 12 heteroatoms. The number of likely N-dealkylation sites (tertiary alicyclic amines) is 1. The van der Waals surface area contributed by atoms with Crippen LogP contribution in [0.15, 0.2) is 36.8 Å². The van der Waals surface area contributed by atoms with Crippen LogP contribution in [-0.2, 0) is 4.79 Å². The number of anilines is 1. The summed E-state index contributed by atoms with van der Waals surface area (Å²) in [6, 6.07) is 4.60. The third kappa shape index (κ3) is 6.51. The van der Waals surface area contributed by atoms with E-state index < -0.39 is 11.9 Å². The van der Waals surface area contributed by atoms with Crippen molar-refractivity contribution in [1.82, 2.24) is 25.0 Å². The van der Waals surface area contributed by atoms with Crippen molar-refractivity contribution in [2.75, 3.05) is 38.5 Å². The van der Waals surface area contributed by atoms with Crippen molar-refractivity contribution in [3.63, 3.8) is 0 Å². The minimum atomic E-state index is -0.673. The van der Waals surface area contributed by atoms with E-state index in [1.54, 1.807) is 25.4 Å². The van der Waals surface area contributed by atoms with Gasteiger partial charge in [0, 0.05) is 53.7 Å². The van der Waals surface area contributed by atoms with Gasteiger partial charge < -0.3 is 20.9 Å². The average Bonchev–Trinajstić information content (AvgIpc) is 3.37. The first-order valence-electron chi connectivity index (χ1n) is 12.0. The third-order valence-corrected chi connectivity index (χ3v) is 7.05. The lowest BCUT2D eigenvalue weighted by Gasteiger charge is -2.31. The first kappa shape index (κ1) is 27.1. The van der Waals surface area contributed by atoms with Gasteiger partial charge in [0.15, 0.2) is 11.6 Å². The van der Waals surface area contributed by atoms with E-state index in [0.717, 1.165) is 37.1 Å². The summed E-state index contributed by atoms with van der Waals surface area (Å²) in [6.07, 6.45) is 6.40. The summed E-state index contributed by atoms with van der Waals surface area (Å²) in [5.41, 5.74) is 7.99. The Balaban J connectivity index is 1.42. The van der Waals surface area contributed by atoms with Crippen molar-refractivity contribution in [2.24, 2.45) is 0 Å². The summed E-state index contributed by atoms with van der Waals surface area (Å²) in [5, 5.41) is 16.3. The van der Waals surface area contributed by atoms with Crippen LogP contribution in [0.3, 0.4) is 0 Å². The number of benzene rings is 1. The average molecular weight is 551 g/mol. The van der Waals surface area contributed by atoms with Gasteiger partial charge in [-0.15, -0.1) is 0 Å². The molecule has 0 aliphatic carbocycles. The molecule has 1 atom stereocenters. The number of halogens is 3. The molecule has 37 heavy (non-hydrogen) atoms. The number of aromatic nitrogens is 3. The van der Waals surface area contributed by atoms with Crippen LogP contribution in [0.5, 0.6) is 5.75 Å². The number of piperidine rings is 1. The van der Waals surface area contributed by atoms with Crippen molar-refractivity contribution in [3.8, 4) is 16.9 Å². The second-order valence-corrected chi connectivity index (χ2v) is 9.70. The Morgan fingerprint density at radius 2 is 2.05 bits per heavy atom. The normalized spacial score (nSPS) is 15.5. The van der Waals surface area contributed by atoms with Gasteiger partial charge in [0.1, 0.15) is 11.9 Å². The van der Waals surface area contributed by atoms with E-state index in [1.807, 2.05) is 10.9 Å². The number of nitrogens with zero attached hydrogens (tertiary/aromatic N) is 4. The molecule has 1 amide bonds. The van der Waals surface area contributed by atoms with Crippen molar-refractivity contribution in [2.45, 2.75) is 31.9 Å². The number of amides is 1. The zero-order valence-corrected chi connectivity index (χ0v) is 21.8. The summed E-state index contributed by atoms with van der Waals surface area (Å²) in [5.74, 6) is -0.164. The topological polar surface area (TPSA) is 119 Å². The molecule has 1 aliphatic heterocycles. The van der Waals surface area contributed by atoms with Crippen LogP contribution in [0.2, 0.25) is 10.0 Å². The fourth-order valence-corrected chi connectivity index (χ4v) is 5.03. The maximum Gasteiger partial charge on any atom is 0.234 e. The molecule has 0 spiro atoms. The molecule has 0 saturated carbocycles. The van der Waals surface area contributed by atoms with E-state index in [1.165, 1.54) is 12.1 Å². The predicted molar refractivity (Wildman–Crippen MR) is 140 cm³/mol. The van der Waals surface area contributed by atoms with Crippen LogP contribution in [0.4, 0.5) is 10.2 Å². The quantitative estimate of drug-likeness (QED) is 0.346. The molecule has 1 fully saturated rings. The van der Waals surface area contributed by atoms with Gasteiger partial charge in [-0.2, -0.15) is 5.10 Å². The molecular formula is C25H29Cl2FN6O3. The second kappa shape index (κ2) is 12.1. The lowest BCUT2D eigenvalue weighted by atomic mass is 10.1. The minimum absolute atomic E-state index is 0.0681. The van der Waals surface area contributed by atoms with E-state index >= 15 is 0 Å². The van der Waals surface area contributed by atoms with E-state index in [-0.39, 0.29) is 35.9 Å². The highest BCUT2D eigenvalue weighted by atomic mass is 35.5. The smallest absolute Gasteiger partial charge is 0.234 e. The van der Waals surface area contributed by atoms with Gasteiger partial charge in [-0.3, -0.25) is 14.4 Å². The molecular weight excluding hydrogens is 522 g/mol. The molecule has 2 aromatic heterocycles. The third-order valence-electron chi connectivity index (χ3n) is 6.34. The number of carbonyl (C=O) groups is 1. The molecule has 0 bridgehead atoms. The van der Waals surface area contributed by atoms with E-state index in [4.69, 9.17) is 38.8 Å². The number of ether oxygens (including phenoxy) is 1. The lowest BCUT2D eigenvalue weighted by Crippen LogP contribution is -2.42. The fraction of sp³-hybridized carbons (Fsp3) is 0.400. The zero-order chi connectivity index (χ0) is 26.5. The van der Waals surface area contributed by atoms with Crippen LogP contribution < -0.4 is 15.8 Å². The van der Waals surface area contributed by atoms with Gasteiger partial charge in [-0.05, 0) is 38.0 Å². The van der Waals surface area contributed by atoms with E-state index in [0.29, 0.717) is 22.9 Å². The number of nitrogen functional groups attached to an aromatic ring is 1. The molecule has 1 aromatic carbocycles. The molecule has 1 aliphatic rings. The van der Waals surface area contributed by atoms with Crippen LogP contribution in [0.25, 0.3) is 11.1 Å². The summed E-state index contributed by atoms with van der Waals surface area (Å²) in [4.78, 5) is 18.2. The highest BCUT2D eigenvalue weighted by molar-refractivity contribution is 6.36. The predicted octanol–water partition coefficient (Wildman–Crippen LogP) is 3.86. The molecule has 9 nitrogen and oxygen atoms in total. The van der Waals surface area contributed by atoms with Crippen molar-refractivity contribution in [3.05, 3.63) is 58.2 Å². The summed E-state index contributed by atoms with van der Waals surface area (Å²) < 4.78 is 21.9. The fourth-order valence-electron chi connectivity index (χ4n) is 4.36. The Morgan fingerprint density at radius 3 is 2.78 bits per heavy atom. The lowest BCUT2D eigenvalue weighted by molar-refractivity contribution is -0.122. The van der Waals surface area contributed by atoms with Gasteiger partial charge in [-0.25, -0.2) is 9.37 Å². The first-order valence-corrected chi connectivity index (χ1v) is 12.7. The SMILES string of the molecule is CC(Oc1cc(-c2cnn(C3CCN(CC(=O)NCCO)CC3)c2)cnc1N)c1c(Cl)ccc(F)c1Cl. The van der Waals surface area contributed by atoms with Crippen LogP contribution in [-0.4, -0.2) is 63.5 Å². The largest absolute Gasteiger partial charge is 0.482 e. The Labute approximate surface area is 224 Å². The standard InChI is InChI=1S/C25H29Cl2FN6O3/c1-15(23-19(26)2-3-20(28)24(23)27)37-21-10-16(11-31-25(21)29)17-12-32-34(13-17)18-4-7-33(8-5-18)14-22(36)30-6-9-35/h2-3,10-13,15,18,35H,4-9,14H2,1H3,(H2,29,31)(H,30,36). The van der Waals surface area contributed by atoms with Gasteiger partial charge in [0.05, 0.1) is 30.4 Å². The second-order valence-electron chi connectivity index (χ2n) is 8.91. The number of nitrogens with two attached hydrogens (primary N) is 1. The highest BCUT2D eigenvalue weighted by Crippen LogP contribution is 2.37. The van der Waals surface area contributed by atoms with Gasteiger partial charge in [0.2, 0.25) is 5.91 Å². The van der Waals surface area contributed by atoms with Gasteiger partial charge >= 0.3 is 0 Å². The van der Waals surface area contributed by atoms with E-state index in [9.17, 15) is 9.18 Å². The summed E-state index contributed by atoms with van der Waals surface area (Å²) in [7, 11) is 0. The Kier molecular flexibility index (Phi) is 8.86.